The Balaban J connectivity index is 2.09. The Labute approximate surface area is 158 Å². The van der Waals surface area contributed by atoms with Crippen LogP contribution in [-0.2, 0) is 5.41 Å². The average molecular weight is 390 g/mol. The summed E-state index contributed by atoms with van der Waals surface area (Å²) < 4.78 is 28.0. The van der Waals surface area contributed by atoms with Gasteiger partial charge in [0.2, 0.25) is 5.95 Å². The Morgan fingerprint density at radius 1 is 1.04 bits per heavy atom. The topological polar surface area (TPSA) is 76.0 Å². The molecule has 0 unspecified atom stereocenters. The molecule has 0 aliphatic carbocycles. The van der Waals surface area contributed by atoms with Crippen molar-refractivity contribution in [2.75, 3.05) is 0 Å². The van der Waals surface area contributed by atoms with Gasteiger partial charge in [0.05, 0.1) is 22.6 Å². The van der Waals surface area contributed by atoms with Crippen LogP contribution in [0.1, 0.15) is 35.7 Å². The van der Waals surface area contributed by atoms with Crippen molar-refractivity contribution in [1.82, 2.24) is 15.0 Å². The number of hydrogen-bond donors (Lipinski definition) is 1. The van der Waals surface area contributed by atoms with Crippen LogP contribution >= 0.6 is 11.6 Å². The normalized spacial score (nSPS) is 11.4. The molecule has 138 valence electrons. The number of nitrogens with zero attached hydrogens (tertiary/aromatic N) is 3. The third kappa shape index (κ3) is 3.78. The lowest BCUT2D eigenvalue weighted by molar-refractivity contribution is 0.0689. The standard InChI is InChI=1S/C19H14ClF2N3O2/c1-19(2,15-9-10(21)8-13(24-15)18(26)27)14-5-3-4-12(23-14)11-6-7-16(20)25-17(11)22/h3-9H,1-2H3,(H,26,27). The Morgan fingerprint density at radius 2 is 1.78 bits per heavy atom. The summed E-state index contributed by atoms with van der Waals surface area (Å²) in [5.74, 6) is -2.81. The highest BCUT2D eigenvalue weighted by atomic mass is 35.5. The minimum absolute atomic E-state index is 0.0258. The molecule has 3 rings (SSSR count). The Bertz CT molecular complexity index is 1040. The molecule has 1 N–H and O–H groups in total. The first-order valence-corrected chi connectivity index (χ1v) is 8.27. The molecule has 27 heavy (non-hydrogen) atoms. The lowest BCUT2D eigenvalue weighted by Crippen LogP contribution is -2.24. The van der Waals surface area contributed by atoms with Crippen LogP contribution in [0.25, 0.3) is 11.3 Å². The molecule has 0 saturated heterocycles. The molecule has 8 heteroatoms. The molecule has 0 spiro atoms. The number of aromatic nitrogens is 3. The lowest BCUT2D eigenvalue weighted by atomic mass is 9.84. The quantitative estimate of drug-likeness (QED) is 0.665. The van der Waals surface area contributed by atoms with Gasteiger partial charge in [-0.15, -0.1) is 0 Å². The van der Waals surface area contributed by atoms with Gasteiger partial charge in [0.25, 0.3) is 0 Å². The van der Waals surface area contributed by atoms with E-state index in [0.717, 1.165) is 12.1 Å². The highest BCUT2D eigenvalue weighted by molar-refractivity contribution is 6.29. The van der Waals surface area contributed by atoms with Crippen molar-refractivity contribution in [1.29, 1.82) is 0 Å². The Hall–Kier alpha value is -2.93. The predicted molar refractivity (Wildman–Crippen MR) is 95.7 cm³/mol. The van der Waals surface area contributed by atoms with E-state index < -0.39 is 28.8 Å². The molecule has 0 radical (unpaired) electrons. The summed E-state index contributed by atoms with van der Waals surface area (Å²) in [7, 11) is 0. The number of aromatic carboxylic acids is 1. The van der Waals surface area contributed by atoms with Gasteiger partial charge >= 0.3 is 5.97 Å². The summed E-state index contributed by atoms with van der Waals surface area (Å²) in [6.07, 6.45) is 0. The molecule has 0 aliphatic rings. The van der Waals surface area contributed by atoms with E-state index in [2.05, 4.69) is 15.0 Å². The van der Waals surface area contributed by atoms with Crippen LogP contribution < -0.4 is 0 Å². The summed E-state index contributed by atoms with van der Waals surface area (Å²) in [4.78, 5) is 23.2. The van der Waals surface area contributed by atoms with Crippen LogP contribution in [0.3, 0.4) is 0 Å². The summed E-state index contributed by atoms with van der Waals surface area (Å²) in [6, 6.07) is 9.88. The van der Waals surface area contributed by atoms with Crippen LogP contribution in [0.4, 0.5) is 8.78 Å². The third-order valence-corrected chi connectivity index (χ3v) is 4.34. The van der Waals surface area contributed by atoms with E-state index in [-0.39, 0.29) is 16.4 Å². The lowest BCUT2D eigenvalue weighted by Gasteiger charge is -2.24. The average Bonchev–Trinajstić information content (AvgIpc) is 2.61. The summed E-state index contributed by atoms with van der Waals surface area (Å²) in [5.41, 5.74) is -0.198. The molecule has 5 nitrogen and oxygen atoms in total. The Morgan fingerprint density at radius 3 is 2.44 bits per heavy atom. The molecule has 3 aromatic rings. The van der Waals surface area contributed by atoms with Gasteiger partial charge in [0.15, 0.2) is 5.69 Å². The highest BCUT2D eigenvalue weighted by Gasteiger charge is 2.29. The van der Waals surface area contributed by atoms with Gasteiger partial charge in [0.1, 0.15) is 11.0 Å². The number of hydrogen-bond acceptors (Lipinski definition) is 4. The molecule has 0 fully saturated rings. The van der Waals surface area contributed by atoms with Gasteiger partial charge in [-0.1, -0.05) is 17.7 Å². The maximum atomic E-state index is 14.1. The van der Waals surface area contributed by atoms with Crippen molar-refractivity contribution in [2.24, 2.45) is 0 Å². The van der Waals surface area contributed by atoms with E-state index in [1.54, 1.807) is 32.0 Å². The number of pyridine rings is 3. The predicted octanol–water partition coefficient (Wildman–Crippen LogP) is 4.49. The zero-order valence-electron chi connectivity index (χ0n) is 14.4. The van der Waals surface area contributed by atoms with Gasteiger partial charge in [-0.05, 0) is 44.2 Å². The number of rotatable bonds is 4. The molecule has 0 atom stereocenters. The number of halogens is 3. The maximum Gasteiger partial charge on any atom is 0.354 e. The first-order chi connectivity index (χ1) is 12.7. The molecule has 0 aromatic carbocycles. The molecule has 3 aromatic heterocycles. The Kier molecular flexibility index (Phi) is 4.89. The minimum atomic E-state index is -1.33. The zero-order valence-corrected chi connectivity index (χ0v) is 15.1. The fourth-order valence-electron chi connectivity index (χ4n) is 2.59. The van der Waals surface area contributed by atoms with E-state index in [1.807, 2.05) is 0 Å². The molecular formula is C19H14ClF2N3O2. The monoisotopic (exact) mass is 389 g/mol. The van der Waals surface area contributed by atoms with Crippen molar-refractivity contribution >= 4 is 17.6 Å². The maximum absolute atomic E-state index is 14.1. The fourth-order valence-corrected chi connectivity index (χ4v) is 2.73. The molecular weight excluding hydrogens is 376 g/mol. The van der Waals surface area contributed by atoms with Gasteiger partial charge < -0.3 is 5.11 Å². The van der Waals surface area contributed by atoms with E-state index >= 15 is 0 Å². The fraction of sp³-hybridized carbons (Fsp3) is 0.158. The SMILES string of the molecule is CC(C)(c1cc(F)cc(C(=O)O)n1)c1cccc(-c2ccc(Cl)nc2F)n1. The summed E-state index contributed by atoms with van der Waals surface area (Å²) >= 11 is 5.68. The molecule has 0 aliphatic heterocycles. The second-order valence-electron chi connectivity index (χ2n) is 6.37. The van der Waals surface area contributed by atoms with E-state index in [0.29, 0.717) is 11.4 Å². The van der Waals surface area contributed by atoms with E-state index in [4.69, 9.17) is 16.7 Å². The van der Waals surface area contributed by atoms with Crippen LogP contribution in [0.2, 0.25) is 5.15 Å². The van der Waals surface area contributed by atoms with Crippen LogP contribution in [0.15, 0.2) is 42.5 Å². The van der Waals surface area contributed by atoms with Crippen molar-refractivity contribution in [3.8, 4) is 11.3 Å². The number of carboxylic acids is 1. The van der Waals surface area contributed by atoms with Crippen molar-refractivity contribution < 1.29 is 18.7 Å². The second kappa shape index (κ2) is 7.00. The largest absolute Gasteiger partial charge is 0.477 e. The van der Waals surface area contributed by atoms with Gasteiger partial charge in [0, 0.05) is 11.5 Å². The van der Waals surface area contributed by atoms with Crippen molar-refractivity contribution in [3.05, 3.63) is 76.5 Å². The molecule has 0 amide bonds. The van der Waals surface area contributed by atoms with E-state index in [9.17, 15) is 13.6 Å². The summed E-state index contributed by atoms with van der Waals surface area (Å²) in [6.45, 7) is 3.45. The first kappa shape index (κ1) is 18.8. The van der Waals surface area contributed by atoms with Gasteiger partial charge in [-0.25, -0.2) is 19.2 Å². The van der Waals surface area contributed by atoms with Gasteiger partial charge in [-0.2, -0.15) is 4.39 Å². The second-order valence-corrected chi connectivity index (χ2v) is 6.75. The van der Waals surface area contributed by atoms with E-state index in [1.165, 1.54) is 12.1 Å². The van der Waals surface area contributed by atoms with Crippen LogP contribution in [0, 0.1) is 11.8 Å². The molecule has 0 bridgehead atoms. The summed E-state index contributed by atoms with van der Waals surface area (Å²) in [5, 5.41) is 9.14. The highest BCUT2D eigenvalue weighted by Crippen LogP contribution is 2.31. The zero-order chi connectivity index (χ0) is 19.8. The van der Waals surface area contributed by atoms with Crippen LogP contribution in [0.5, 0.6) is 0 Å². The van der Waals surface area contributed by atoms with Crippen LogP contribution in [-0.4, -0.2) is 26.0 Å². The molecule has 0 saturated carbocycles. The van der Waals surface area contributed by atoms with Crippen molar-refractivity contribution in [3.63, 3.8) is 0 Å². The first-order valence-electron chi connectivity index (χ1n) is 7.90. The van der Waals surface area contributed by atoms with Gasteiger partial charge in [-0.3, -0.25) is 4.98 Å². The smallest absolute Gasteiger partial charge is 0.354 e. The third-order valence-electron chi connectivity index (χ3n) is 4.13. The number of carbonyl (C=O) groups is 1. The molecule has 3 heterocycles. The number of carboxylic acid groups (broad SMARTS) is 1. The minimum Gasteiger partial charge on any atom is -0.477 e. The van der Waals surface area contributed by atoms with Crippen molar-refractivity contribution in [2.45, 2.75) is 19.3 Å².